The predicted molar refractivity (Wildman–Crippen MR) is 91.2 cm³/mol. The van der Waals surface area contributed by atoms with Crippen molar-refractivity contribution in [3.8, 4) is 0 Å². The summed E-state index contributed by atoms with van der Waals surface area (Å²) in [6.45, 7) is 8.53. The van der Waals surface area contributed by atoms with Crippen molar-refractivity contribution in [3.05, 3.63) is 24.3 Å². The maximum atomic E-state index is 12.3. The number of nitrogen functional groups attached to an aromatic ring is 1. The van der Waals surface area contributed by atoms with E-state index in [4.69, 9.17) is 15.2 Å². The van der Waals surface area contributed by atoms with Crippen LogP contribution in [0.15, 0.2) is 24.3 Å². The van der Waals surface area contributed by atoms with E-state index in [2.05, 4.69) is 5.32 Å². The standard InChI is InChI=1S/C15H27N2O5P/c1-10(2)21-12(5)15(22-11(3)4,23(18,19)20)17-14-9-7-6-8-13(14)16/h6-12,17H,16H2,1-5H3,(H2,18,19,20). The predicted octanol–water partition coefficient (Wildman–Crippen LogP) is 2.75. The summed E-state index contributed by atoms with van der Waals surface area (Å²) < 4.78 is 23.6. The van der Waals surface area contributed by atoms with E-state index in [1.165, 1.54) is 0 Å². The molecule has 2 unspecified atom stereocenters. The van der Waals surface area contributed by atoms with E-state index >= 15 is 0 Å². The first-order chi connectivity index (χ1) is 10.5. The van der Waals surface area contributed by atoms with Crippen molar-refractivity contribution >= 4 is 19.0 Å². The molecule has 1 aromatic rings. The first kappa shape index (κ1) is 19.9. The Balaban J connectivity index is 3.37. The molecule has 132 valence electrons. The molecule has 0 spiro atoms. The van der Waals surface area contributed by atoms with Crippen LogP contribution < -0.4 is 11.1 Å². The third-order valence-corrected chi connectivity index (χ3v) is 4.60. The van der Waals surface area contributed by atoms with Gasteiger partial charge in [-0.15, -0.1) is 0 Å². The summed E-state index contributed by atoms with van der Waals surface area (Å²) in [5, 5.41) is 2.80. The van der Waals surface area contributed by atoms with Gasteiger partial charge < -0.3 is 30.3 Å². The second-order valence-electron chi connectivity index (χ2n) is 5.95. The van der Waals surface area contributed by atoms with Gasteiger partial charge in [0.25, 0.3) is 5.47 Å². The largest absolute Gasteiger partial charge is 0.397 e. The Bertz CT molecular complexity index is 561. The van der Waals surface area contributed by atoms with Gasteiger partial charge in [-0.25, -0.2) is 0 Å². The monoisotopic (exact) mass is 346 g/mol. The SMILES string of the molecule is CC(C)OC(C)C(Nc1ccccc1N)(OC(C)C)P(=O)(O)O. The lowest BCUT2D eigenvalue weighted by molar-refractivity contribution is -0.122. The molecule has 0 aromatic heterocycles. The van der Waals surface area contributed by atoms with E-state index in [9.17, 15) is 14.4 Å². The van der Waals surface area contributed by atoms with Gasteiger partial charge in [-0.05, 0) is 46.8 Å². The number of hydrogen-bond acceptors (Lipinski definition) is 5. The maximum Gasteiger partial charge on any atom is 0.380 e. The third-order valence-electron chi connectivity index (χ3n) is 3.15. The Labute approximate surface area is 137 Å². The highest BCUT2D eigenvalue weighted by Gasteiger charge is 2.55. The molecule has 0 fully saturated rings. The van der Waals surface area contributed by atoms with Crippen LogP contribution in [0.1, 0.15) is 34.6 Å². The molecule has 5 N–H and O–H groups in total. The second-order valence-corrected chi connectivity index (χ2v) is 7.70. The highest BCUT2D eigenvalue weighted by atomic mass is 31.2. The molecule has 0 amide bonds. The minimum absolute atomic E-state index is 0.235. The van der Waals surface area contributed by atoms with Gasteiger partial charge >= 0.3 is 7.60 Å². The van der Waals surface area contributed by atoms with Crippen LogP contribution in [0.5, 0.6) is 0 Å². The first-order valence-electron chi connectivity index (χ1n) is 7.51. The van der Waals surface area contributed by atoms with Crippen molar-refractivity contribution in [2.75, 3.05) is 11.1 Å². The number of anilines is 2. The molecule has 0 heterocycles. The lowest BCUT2D eigenvalue weighted by Gasteiger charge is -2.41. The molecule has 7 nitrogen and oxygen atoms in total. The van der Waals surface area contributed by atoms with Gasteiger partial charge in [0.2, 0.25) is 0 Å². The zero-order valence-corrected chi connectivity index (χ0v) is 15.1. The van der Waals surface area contributed by atoms with Crippen LogP contribution in [-0.4, -0.2) is 33.6 Å². The number of hydrogen-bond donors (Lipinski definition) is 4. The van der Waals surface area contributed by atoms with E-state index in [-0.39, 0.29) is 6.10 Å². The van der Waals surface area contributed by atoms with Crippen LogP contribution in [0.4, 0.5) is 11.4 Å². The Kier molecular flexibility index (Phi) is 6.62. The molecule has 23 heavy (non-hydrogen) atoms. The summed E-state index contributed by atoms with van der Waals surface area (Å²) in [7, 11) is -4.77. The van der Waals surface area contributed by atoms with Crippen molar-refractivity contribution in [1.82, 2.24) is 0 Å². The van der Waals surface area contributed by atoms with Crippen LogP contribution in [0.25, 0.3) is 0 Å². The maximum absolute atomic E-state index is 12.3. The number of nitrogens with one attached hydrogen (secondary N) is 1. The highest BCUT2D eigenvalue weighted by Crippen LogP contribution is 2.55. The summed E-state index contributed by atoms with van der Waals surface area (Å²) in [5.74, 6) is 0. The van der Waals surface area contributed by atoms with E-state index in [1.54, 1.807) is 58.9 Å². The van der Waals surface area contributed by atoms with Gasteiger partial charge in [0.15, 0.2) is 0 Å². The Morgan fingerprint density at radius 3 is 2.13 bits per heavy atom. The molecule has 0 radical (unpaired) electrons. The molecule has 0 saturated carbocycles. The number of para-hydroxylation sites is 2. The number of benzene rings is 1. The van der Waals surface area contributed by atoms with Gasteiger partial charge in [-0.2, -0.15) is 0 Å². The topological polar surface area (TPSA) is 114 Å². The number of rotatable bonds is 8. The van der Waals surface area contributed by atoms with Crippen LogP contribution in [-0.2, 0) is 14.0 Å². The highest BCUT2D eigenvalue weighted by molar-refractivity contribution is 7.53. The molecule has 2 atom stereocenters. The van der Waals surface area contributed by atoms with Crippen molar-refractivity contribution in [1.29, 1.82) is 0 Å². The van der Waals surface area contributed by atoms with Gasteiger partial charge in [0.1, 0.15) is 6.10 Å². The lowest BCUT2D eigenvalue weighted by atomic mass is 10.2. The molecule has 1 rings (SSSR count). The zero-order chi connectivity index (χ0) is 17.8. The van der Waals surface area contributed by atoms with E-state index in [0.717, 1.165) is 0 Å². The Morgan fingerprint density at radius 2 is 1.70 bits per heavy atom. The molecular formula is C15H27N2O5P. The molecule has 0 saturated heterocycles. The fourth-order valence-electron chi connectivity index (χ4n) is 2.27. The number of ether oxygens (including phenoxy) is 2. The van der Waals surface area contributed by atoms with E-state index < -0.39 is 25.3 Å². The summed E-state index contributed by atoms with van der Waals surface area (Å²) in [4.78, 5) is 20.0. The van der Waals surface area contributed by atoms with Crippen molar-refractivity contribution in [3.63, 3.8) is 0 Å². The van der Waals surface area contributed by atoms with Gasteiger partial charge in [0.05, 0.1) is 23.6 Å². The number of nitrogens with two attached hydrogens (primary N) is 1. The molecule has 0 aliphatic heterocycles. The van der Waals surface area contributed by atoms with Crippen molar-refractivity contribution < 1.29 is 23.8 Å². The van der Waals surface area contributed by atoms with Gasteiger partial charge in [-0.1, -0.05) is 12.1 Å². The molecule has 1 aromatic carbocycles. The Morgan fingerprint density at radius 1 is 1.13 bits per heavy atom. The third kappa shape index (κ3) is 4.93. The second kappa shape index (κ2) is 7.64. The zero-order valence-electron chi connectivity index (χ0n) is 14.2. The molecule has 0 bridgehead atoms. The molecule has 8 heteroatoms. The van der Waals surface area contributed by atoms with Crippen LogP contribution in [0, 0.1) is 0 Å². The van der Waals surface area contributed by atoms with E-state index in [1.807, 2.05) is 0 Å². The summed E-state index contributed by atoms with van der Waals surface area (Å²) in [6.07, 6.45) is -1.61. The quantitative estimate of drug-likeness (QED) is 0.325. The lowest BCUT2D eigenvalue weighted by Crippen LogP contribution is -2.53. The fourth-order valence-corrected chi connectivity index (χ4v) is 3.42. The summed E-state index contributed by atoms with van der Waals surface area (Å²) >= 11 is 0. The van der Waals surface area contributed by atoms with Gasteiger partial charge in [-0.3, -0.25) is 4.57 Å². The molecule has 0 aliphatic rings. The Hall–Kier alpha value is -1.11. The normalized spacial score (nSPS) is 16.4. The summed E-state index contributed by atoms with van der Waals surface area (Å²) in [5.41, 5.74) is 4.58. The minimum Gasteiger partial charge on any atom is -0.397 e. The van der Waals surface area contributed by atoms with Gasteiger partial charge in [0, 0.05) is 0 Å². The minimum atomic E-state index is -4.77. The smallest absolute Gasteiger partial charge is 0.380 e. The average molecular weight is 346 g/mol. The first-order valence-corrected chi connectivity index (χ1v) is 9.12. The van der Waals surface area contributed by atoms with Crippen LogP contribution in [0.3, 0.4) is 0 Å². The fraction of sp³-hybridized carbons (Fsp3) is 0.600. The van der Waals surface area contributed by atoms with Crippen molar-refractivity contribution in [2.24, 2.45) is 0 Å². The van der Waals surface area contributed by atoms with Crippen molar-refractivity contribution in [2.45, 2.75) is 58.4 Å². The van der Waals surface area contributed by atoms with Crippen LogP contribution >= 0.6 is 7.60 Å². The average Bonchev–Trinajstić information content (AvgIpc) is 2.37. The van der Waals surface area contributed by atoms with Crippen LogP contribution in [0.2, 0.25) is 0 Å². The molecular weight excluding hydrogens is 319 g/mol. The molecule has 0 aliphatic carbocycles. The summed E-state index contributed by atoms with van der Waals surface area (Å²) in [6, 6.07) is 6.71. The van der Waals surface area contributed by atoms with E-state index in [0.29, 0.717) is 11.4 Å².